The van der Waals surface area contributed by atoms with Gasteiger partial charge in [0.05, 0.1) is 18.4 Å². The highest BCUT2D eigenvalue weighted by atomic mass is 16.5. The second kappa shape index (κ2) is 6.47. The predicted molar refractivity (Wildman–Crippen MR) is 76.9 cm³/mol. The largest absolute Gasteiger partial charge is 0.497 e. The van der Waals surface area contributed by atoms with Gasteiger partial charge in [0.15, 0.2) is 0 Å². The lowest BCUT2D eigenvalue weighted by molar-refractivity contribution is 0.0954. The van der Waals surface area contributed by atoms with Crippen LogP contribution in [0, 0.1) is 0 Å². The van der Waals surface area contributed by atoms with Crippen LogP contribution < -0.4 is 10.2 Å². The van der Waals surface area contributed by atoms with Crippen LogP contribution >= 0.6 is 0 Å². The summed E-state index contributed by atoms with van der Waals surface area (Å²) in [5.41, 5.74) is 4.60. The predicted octanol–water partition coefficient (Wildman–Crippen LogP) is 2.24. The Kier molecular flexibility index (Phi) is 4.44. The second-order valence-corrected chi connectivity index (χ2v) is 4.11. The molecule has 0 saturated carbocycles. The highest BCUT2D eigenvalue weighted by Crippen LogP contribution is 2.11. The Labute approximate surface area is 117 Å². The van der Waals surface area contributed by atoms with E-state index < -0.39 is 0 Å². The van der Waals surface area contributed by atoms with Crippen LogP contribution in [-0.4, -0.2) is 23.7 Å². The van der Waals surface area contributed by atoms with E-state index in [4.69, 9.17) is 4.74 Å². The molecule has 2 rings (SSSR count). The molecule has 0 radical (unpaired) electrons. The van der Waals surface area contributed by atoms with Crippen molar-refractivity contribution in [3.63, 3.8) is 0 Å². The van der Waals surface area contributed by atoms with Gasteiger partial charge in [0.25, 0.3) is 5.91 Å². The SMILES string of the molecule is COc1ccc(/C(C)=N\NC(=O)c2cccnc2)cc1. The van der Waals surface area contributed by atoms with Crippen molar-refractivity contribution >= 4 is 11.6 Å². The summed E-state index contributed by atoms with van der Waals surface area (Å²) in [6, 6.07) is 10.8. The summed E-state index contributed by atoms with van der Waals surface area (Å²) < 4.78 is 5.09. The molecule has 0 fully saturated rings. The first-order valence-corrected chi connectivity index (χ1v) is 6.10. The fourth-order valence-corrected chi connectivity index (χ4v) is 1.59. The standard InChI is InChI=1S/C15H15N3O2/c1-11(12-5-7-14(20-2)8-6-12)17-18-15(19)13-4-3-9-16-10-13/h3-10H,1-2H3,(H,18,19)/b17-11-. The van der Waals surface area contributed by atoms with Crippen molar-refractivity contribution in [3.8, 4) is 5.75 Å². The summed E-state index contributed by atoms with van der Waals surface area (Å²) in [6.07, 6.45) is 3.11. The van der Waals surface area contributed by atoms with Crippen molar-refractivity contribution in [1.82, 2.24) is 10.4 Å². The third-order valence-corrected chi connectivity index (χ3v) is 2.76. The lowest BCUT2D eigenvalue weighted by Gasteiger charge is -2.04. The van der Waals surface area contributed by atoms with Gasteiger partial charge in [-0.15, -0.1) is 0 Å². The van der Waals surface area contributed by atoms with Crippen molar-refractivity contribution in [2.24, 2.45) is 5.10 Å². The fraction of sp³-hybridized carbons (Fsp3) is 0.133. The van der Waals surface area contributed by atoms with E-state index >= 15 is 0 Å². The van der Waals surface area contributed by atoms with Gasteiger partial charge in [0, 0.05) is 12.4 Å². The summed E-state index contributed by atoms with van der Waals surface area (Å²) in [6.45, 7) is 1.82. The molecule has 5 heteroatoms. The number of pyridine rings is 1. The molecule has 1 N–H and O–H groups in total. The van der Waals surface area contributed by atoms with Gasteiger partial charge in [-0.1, -0.05) is 0 Å². The topological polar surface area (TPSA) is 63.6 Å². The molecule has 1 aromatic carbocycles. The molecule has 0 aliphatic heterocycles. The number of aromatic nitrogens is 1. The number of nitrogens with zero attached hydrogens (tertiary/aromatic N) is 2. The monoisotopic (exact) mass is 269 g/mol. The van der Waals surface area contributed by atoms with Gasteiger partial charge in [-0.2, -0.15) is 5.10 Å². The van der Waals surface area contributed by atoms with Crippen LogP contribution in [0.5, 0.6) is 5.75 Å². The Morgan fingerprint density at radius 1 is 1.20 bits per heavy atom. The second-order valence-electron chi connectivity index (χ2n) is 4.11. The Hall–Kier alpha value is -2.69. The highest BCUT2D eigenvalue weighted by Gasteiger charge is 2.04. The minimum Gasteiger partial charge on any atom is -0.497 e. The quantitative estimate of drug-likeness (QED) is 0.684. The van der Waals surface area contributed by atoms with Crippen LogP contribution in [0.3, 0.4) is 0 Å². The first-order valence-electron chi connectivity index (χ1n) is 6.10. The van der Waals surface area contributed by atoms with E-state index in [1.807, 2.05) is 31.2 Å². The van der Waals surface area contributed by atoms with Crippen molar-refractivity contribution in [2.45, 2.75) is 6.92 Å². The maximum Gasteiger partial charge on any atom is 0.272 e. The van der Waals surface area contributed by atoms with E-state index in [9.17, 15) is 4.79 Å². The zero-order valence-electron chi connectivity index (χ0n) is 11.3. The molecular weight excluding hydrogens is 254 g/mol. The summed E-state index contributed by atoms with van der Waals surface area (Å²) in [4.78, 5) is 15.7. The average Bonchev–Trinajstić information content (AvgIpc) is 2.53. The van der Waals surface area contributed by atoms with Gasteiger partial charge in [0.2, 0.25) is 0 Å². The molecule has 1 aromatic heterocycles. The Bertz CT molecular complexity index is 607. The van der Waals surface area contributed by atoms with Crippen molar-refractivity contribution < 1.29 is 9.53 Å². The van der Waals surface area contributed by atoms with E-state index in [0.717, 1.165) is 11.3 Å². The molecule has 0 unspecified atom stereocenters. The maximum atomic E-state index is 11.8. The minimum absolute atomic E-state index is 0.286. The number of amides is 1. The zero-order chi connectivity index (χ0) is 14.4. The van der Waals surface area contributed by atoms with E-state index in [-0.39, 0.29) is 5.91 Å². The van der Waals surface area contributed by atoms with Crippen LogP contribution in [0.4, 0.5) is 0 Å². The molecule has 0 atom stereocenters. The molecule has 1 amide bonds. The number of carbonyl (C=O) groups excluding carboxylic acids is 1. The van der Waals surface area contributed by atoms with Crippen LogP contribution in [0.2, 0.25) is 0 Å². The number of nitrogens with one attached hydrogen (secondary N) is 1. The number of ether oxygens (including phenoxy) is 1. The van der Waals surface area contributed by atoms with Crippen LogP contribution in [0.25, 0.3) is 0 Å². The fourth-order valence-electron chi connectivity index (χ4n) is 1.59. The summed E-state index contributed by atoms with van der Waals surface area (Å²) in [5.74, 6) is 0.493. The maximum absolute atomic E-state index is 11.8. The molecule has 0 saturated heterocycles. The van der Waals surface area contributed by atoms with E-state index in [1.54, 1.807) is 25.4 Å². The molecule has 5 nitrogen and oxygen atoms in total. The Morgan fingerprint density at radius 2 is 1.95 bits per heavy atom. The molecule has 102 valence electrons. The number of hydrogen-bond donors (Lipinski definition) is 1. The number of carbonyl (C=O) groups is 1. The molecule has 2 aromatic rings. The van der Waals surface area contributed by atoms with Crippen LogP contribution in [-0.2, 0) is 0 Å². The van der Waals surface area contributed by atoms with Crippen LogP contribution in [0.1, 0.15) is 22.8 Å². The third-order valence-electron chi connectivity index (χ3n) is 2.76. The summed E-state index contributed by atoms with van der Waals surface area (Å²) >= 11 is 0. The molecule has 20 heavy (non-hydrogen) atoms. The third kappa shape index (κ3) is 3.41. The van der Waals surface area contributed by atoms with E-state index in [1.165, 1.54) is 6.20 Å². The smallest absolute Gasteiger partial charge is 0.272 e. The van der Waals surface area contributed by atoms with Gasteiger partial charge >= 0.3 is 0 Å². The minimum atomic E-state index is -0.286. The van der Waals surface area contributed by atoms with Crippen LogP contribution in [0.15, 0.2) is 53.9 Å². The molecular formula is C15H15N3O2. The van der Waals surface area contributed by atoms with Gasteiger partial charge in [0.1, 0.15) is 5.75 Å². The van der Waals surface area contributed by atoms with Crippen molar-refractivity contribution in [3.05, 3.63) is 59.9 Å². The molecule has 0 aliphatic rings. The summed E-state index contributed by atoms with van der Waals surface area (Å²) in [7, 11) is 1.62. The zero-order valence-corrected chi connectivity index (χ0v) is 11.3. The van der Waals surface area contributed by atoms with Gasteiger partial charge in [-0.3, -0.25) is 9.78 Å². The van der Waals surface area contributed by atoms with Gasteiger partial charge in [-0.05, 0) is 48.9 Å². The lowest BCUT2D eigenvalue weighted by Crippen LogP contribution is -2.19. The highest BCUT2D eigenvalue weighted by molar-refractivity contribution is 6.00. The molecule has 0 bridgehead atoms. The molecule has 0 aliphatic carbocycles. The molecule has 0 spiro atoms. The lowest BCUT2D eigenvalue weighted by atomic mass is 10.1. The molecule has 1 heterocycles. The number of rotatable bonds is 4. The average molecular weight is 269 g/mol. The van der Waals surface area contributed by atoms with Gasteiger partial charge < -0.3 is 4.74 Å². The Morgan fingerprint density at radius 3 is 2.55 bits per heavy atom. The Balaban J connectivity index is 2.05. The number of methoxy groups -OCH3 is 1. The summed E-state index contributed by atoms with van der Waals surface area (Å²) in [5, 5.41) is 4.07. The van der Waals surface area contributed by atoms with E-state index in [2.05, 4.69) is 15.5 Å². The number of hydrazone groups is 1. The van der Waals surface area contributed by atoms with Crippen molar-refractivity contribution in [1.29, 1.82) is 0 Å². The van der Waals surface area contributed by atoms with E-state index in [0.29, 0.717) is 11.3 Å². The number of benzene rings is 1. The normalized spacial score (nSPS) is 11.0. The first-order chi connectivity index (χ1) is 9.70. The van der Waals surface area contributed by atoms with Crippen molar-refractivity contribution in [2.75, 3.05) is 7.11 Å². The van der Waals surface area contributed by atoms with Gasteiger partial charge in [-0.25, -0.2) is 5.43 Å². The number of hydrogen-bond acceptors (Lipinski definition) is 4. The first kappa shape index (κ1) is 13.7.